The molecule has 0 heterocycles. The number of benzene rings is 2. The Morgan fingerprint density at radius 3 is 2.42 bits per heavy atom. The molecule has 0 bridgehead atoms. The third-order valence-electron chi connectivity index (χ3n) is 2.97. The van der Waals surface area contributed by atoms with Crippen molar-refractivity contribution < 1.29 is 27.6 Å². The molecule has 0 aromatic heterocycles. The molecule has 0 aliphatic carbocycles. The van der Waals surface area contributed by atoms with Crippen LogP contribution in [0.4, 0.5) is 29.3 Å². The Bertz CT molecular complexity index is 748. The summed E-state index contributed by atoms with van der Waals surface area (Å²) in [6, 6.07) is 10.4. The average molecular weight is 340 g/mol. The lowest BCUT2D eigenvalue weighted by Gasteiger charge is -2.10. The minimum Gasteiger partial charge on any atom is -0.444 e. The van der Waals surface area contributed by atoms with Crippen molar-refractivity contribution in [3.63, 3.8) is 0 Å². The maximum atomic E-state index is 12.6. The third kappa shape index (κ3) is 4.45. The van der Waals surface area contributed by atoms with Crippen molar-refractivity contribution in [3.8, 4) is 0 Å². The summed E-state index contributed by atoms with van der Waals surface area (Å²) >= 11 is 0. The lowest BCUT2D eigenvalue weighted by atomic mass is 10.1. The van der Waals surface area contributed by atoms with Crippen molar-refractivity contribution >= 4 is 17.5 Å². The summed E-state index contributed by atoms with van der Waals surface area (Å²) in [6.07, 6.45) is -5.74. The number of nitrogens with one attached hydrogen (secondary N) is 1. The molecule has 0 aliphatic rings. The number of anilines is 1. The van der Waals surface area contributed by atoms with Crippen molar-refractivity contribution in [3.05, 3.63) is 69.8 Å². The fourth-order valence-corrected chi connectivity index (χ4v) is 1.83. The van der Waals surface area contributed by atoms with Gasteiger partial charge in [0.2, 0.25) is 0 Å². The topological polar surface area (TPSA) is 81.5 Å². The summed E-state index contributed by atoms with van der Waals surface area (Å²) in [5.74, 6) is 0. The number of alkyl halides is 3. The van der Waals surface area contributed by atoms with Crippen LogP contribution < -0.4 is 5.32 Å². The van der Waals surface area contributed by atoms with Crippen LogP contribution in [0.3, 0.4) is 0 Å². The van der Waals surface area contributed by atoms with Gasteiger partial charge in [-0.2, -0.15) is 13.2 Å². The Morgan fingerprint density at radius 1 is 1.17 bits per heavy atom. The van der Waals surface area contributed by atoms with Crippen LogP contribution >= 0.6 is 0 Å². The van der Waals surface area contributed by atoms with Crippen molar-refractivity contribution in [1.82, 2.24) is 0 Å². The van der Waals surface area contributed by atoms with E-state index in [2.05, 4.69) is 5.32 Å². The normalized spacial score (nSPS) is 11.0. The Balaban J connectivity index is 2.11. The van der Waals surface area contributed by atoms with Gasteiger partial charge in [-0.05, 0) is 17.7 Å². The van der Waals surface area contributed by atoms with Gasteiger partial charge < -0.3 is 4.74 Å². The van der Waals surface area contributed by atoms with Gasteiger partial charge in [0.05, 0.1) is 10.5 Å². The molecule has 1 N–H and O–H groups in total. The van der Waals surface area contributed by atoms with Gasteiger partial charge >= 0.3 is 12.3 Å². The number of nitrogens with zero attached hydrogens (tertiary/aromatic N) is 1. The Morgan fingerprint density at radius 2 is 1.83 bits per heavy atom. The van der Waals surface area contributed by atoms with Gasteiger partial charge in [-0.25, -0.2) is 4.79 Å². The number of nitro benzene ring substituents is 1. The highest BCUT2D eigenvalue weighted by atomic mass is 19.4. The quantitative estimate of drug-likeness (QED) is 0.662. The van der Waals surface area contributed by atoms with E-state index in [1.54, 1.807) is 30.3 Å². The van der Waals surface area contributed by atoms with E-state index in [0.717, 1.165) is 6.07 Å². The molecule has 0 saturated heterocycles. The highest BCUT2D eigenvalue weighted by molar-refractivity contribution is 5.88. The molecule has 0 radical (unpaired) electrons. The molecule has 2 rings (SSSR count). The maximum absolute atomic E-state index is 12.6. The maximum Gasteiger partial charge on any atom is 0.416 e. The molecule has 2 aromatic carbocycles. The summed E-state index contributed by atoms with van der Waals surface area (Å²) in [5, 5.41) is 13.0. The molecule has 24 heavy (non-hydrogen) atoms. The van der Waals surface area contributed by atoms with E-state index in [0.29, 0.717) is 17.7 Å². The minimum absolute atomic E-state index is 0.0822. The largest absolute Gasteiger partial charge is 0.444 e. The lowest BCUT2D eigenvalue weighted by Crippen LogP contribution is -2.15. The van der Waals surface area contributed by atoms with E-state index in [1.807, 2.05) is 0 Å². The highest BCUT2D eigenvalue weighted by Crippen LogP contribution is 2.35. The standard InChI is InChI=1S/C15H11F3N2O4/c16-15(17,18)11-6-7-12(13(8-11)20(22)23)19-14(21)24-9-10-4-2-1-3-5-10/h1-8H,9H2,(H,19,21). The van der Waals surface area contributed by atoms with Crippen LogP contribution in [-0.4, -0.2) is 11.0 Å². The highest BCUT2D eigenvalue weighted by Gasteiger charge is 2.33. The van der Waals surface area contributed by atoms with E-state index in [4.69, 9.17) is 4.74 Å². The van der Waals surface area contributed by atoms with E-state index in [9.17, 15) is 28.1 Å². The van der Waals surface area contributed by atoms with Crippen LogP contribution in [-0.2, 0) is 17.5 Å². The average Bonchev–Trinajstić information content (AvgIpc) is 2.53. The SMILES string of the molecule is O=C(Nc1ccc(C(F)(F)F)cc1[N+](=O)[O-])OCc1ccccc1. The van der Waals surface area contributed by atoms with Gasteiger partial charge in [0.25, 0.3) is 5.69 Å². The van der Waals surface area contributed by atoms with Crippen LogP contribution in [0.1, 0.15) is 11.1 Å². The number of hydrogen-bond donors (Lipinski definition) is 1. The summed E-state index contributed by atoms with van der Waals surface area (Å²) < 4.78 is 42.7. The number of amides is 1. The van der Waals surface area contributed by atoms with Gasteiger partial charge in [0, 0.05) is 6.07 Å². The number of ether oxygens (including phenoxy) is 1. The van der Waals surface area contributed by atoms with Gasteiger partial charge in [0.1, 0.15) is 12.3 Å². The fraction of sp³-hybridized carbons (Fsp3) is 0.133. The van der Waals surface area contributed by atoms with Crippen LogP contribution in [0.25, 0.3) is 0 Å². The first-order chi connectivity index (χ1) is 11.3. The summed E-state index contributed by atoms with van der Waals surface area (Å²) in [6.45, 7) is -0.0822. The molecular weight excluding hydrogens is 329 g/mol. The first kappa shape index (κ1) is 17.3. The molecule has 0 fully saturated rings. The second-order valence-corrected chi connectivity index (χ2v) is 4.67. The summed E-state index contributed by atoms with van der Waals surface area (Å²) in [4.78, 5) is 21.6. The van der Waals surface area contributed by atoms with Gasteiger partial charge in [-0.3, -0.25) is 15.4 Å². The van der Waals surface area contributed by atoms with E-state index >= 15 is 0 Å². The van der Waals surface area contributed by atoms with Crippen LogP contribution in [0, 0.1) is 10.1 Å². The van der Waals surface area contributed by atoms with Crippen LogP contribution in [0.5, 0.6) is 0 Å². The minimum atomic E-state index is -4.73. The first-order valence-electron chi connectivity index (χ1n) is 6.60. The van der Waals surface area contributed by atoms with Crippen LogP contribution in [0.15, 0.2) is 48.5 Å². The number of halogens is 3. The fourth-order valence-electron chi connectivity index (χ4n) is 1.83. The monoisotopic (exact) mass is 340 g/mol. The van der Waals surface area contributed by atoms with Crippen molar-refractivity contribution in [2.75, 3.05) is 5.32 Å². The molecule has 1 amide bonds. The zero-order chi connectivity index (χ0) is 17.7. The Kier molecular flexibility index (Phi) is 5.02. The predicted molar refractivity (Wildman–Crippen MR) is 78.3 cm³/mol. The number of carbonyl (C=O) groups is 1. The van der Waals surface area contributed by atoms with Gasteiger partial charge in [-0.1, -0.05) is 30.3 Å². The van der Waals surface area contributed by atoms with Gasteiger partial charge in [0.15, 0.2) is 0 Å². The molecule has 0 aliphatic heterocycles. The number of rotatable bonds is 4. The Labute approximate surface area is 134 Å². The molecule has 2 aromatic rings. The van der Waals surface area contributed by atoms with E-state index in [1.165, 1.54) is 0 Å². The molecule has 0 unspecified atom stereocenters. The van der Waals surface area contributed by atoms with Crippen LogP contribution in [0.2, 0.25) is 0 Å². The van der Waals surface area contributed by atoms with Crippen molar-refractivity contribution in [1.29, 1.82) is 0 Å². The molecule has 0 atom stereocenters. The first-order valence-corrected chi connectivity index (χ1v) is 6.60. The van der Waals surface area contributed by atoms with E-state index in [-0.39, 0.29) is 12.3 Å². The number of nitro groups is 1. The molecule has 9 heteroatoms. The summed E-state index contributed by atoms with van der Waals surface area (Å²) in [7, 11) is 0. The van der Waals surface area contributed by atoms with Crippen molar-refractivity contribution in [2.24, 2.45) is 0 Å². The zero-order valence-electron chi connectivity index (χ0n) is 12.0. The second kappa shape index (κ2) is 6.99. The summed E-state index contributed by atoms with van der Waals surface area (Å²) in [5.41, 5.74) is -1.75. The third-order valence-corrected chi connectivity index (χ3v) is 2.97. The van der Waals surface area contributed by atoms with E-state index < -0.39 is 28.4 Å². The number of carbonyl (C=O) groups excluding carboxylic acids is 1. The molecule has 0 saturated carbocycles. The molecular formula is C15H11F3N2O4. The molecule has 6 nitrogen and oxygen atoms in total. The lowest BCUT2D eigenvalue weighted by molar-refractivity contribution is -0.384. The predicted octanol–water partition coefficient (Wildman–Crippen LogP) is 4.36. The number of hydrogen-bond acceptors (Lipinski definition) is 4. The molecule has 0 spiro atoms. The second-order valence-electron chi connectivity index (χ2n) is 4.67. The Hall–Kier alpha value is -3.10. The van der Waals surface area contributed by atoms with Crippen molar-refractivity contribution in [2.45, 2.75) is 12.8 Å². The zero-order valence-corrected chi connectivity index (χ0v) is 12.0. The smallest absolute Gasteiger partial charge is 0.416 e. The molecule has 126 valence electrons. The van der Waals surface area contributed by atoms with Gasteiger partial charge in [-0.15, -0.1) is 0 Å².